The first-order valence-electron chi connectivity index (χ1n) is 26.9. The number of thiazole rings is 1. The summed E-state index contributed by atoms with van der Waals surface area (Å²) in [4.78, 5) is 142. The van der Waals surface area contributed by atoms with Gasteiger partial charge in [-0.25, -0.2) is 28.8 Å². The van der Waals surface area contributed by atoms with E-state index in [-0.39, 0.29) is 66.8 Å². The predicted octanol–water partition coefficient (Wildman–Crippen LogP) is 1.69. The van der Waals surface area contributed by atoms with Gasteiger partial charge < -0.3 is 38.4 Å². The number of anilines is 5. The summed E-state index contributed by atoms with van der Waals surface area (Å²) in [7, 11) is 0. The summed E-state index contributed by atoms with van der Waals surface area (Å²) in [6.45, 7) is 3.95. The number of amides is 11. The van der Waals surface area contributed by atoms with Crippen LogP contribution in [0.25, 0.3) is 43.8 Å². The second-order valence-corrected chi connectivity index (χ2v) is 20.4. The average Bonchev–Trinajstić information content (AvgIpc) is 2.00. The molecule has 2 aliphatic heterocycles. The van der Waals surface area contributed by atoms with E-state index in [0.717, 1.165) is 25.0 Å². The number of urea groups is 2. The van der Waals surface area contributed by atoms with Crippen molar-refractivity contribution in [2.45, 2.75) is 27.2 Å². The molecule has 452 valence electrons. The number of carbonyl (C=O) groups excluding carboxylic acids is 9. The molecule has 0 unspecified atom stereocenters. The monoisotopic (exact) mass is 1250 g/mol. The molecule has 0 atom stereocenters. The van der Waals surface area contributed by atoms with E-state index in [9.17, 15) is 57.8 Å². The molecule has 23 nitrogen and oxygen atoms in total. The number of para-hydroxylation sites is 1. The van der Waals surface area contributed by atoms with Crippen molar-refractivity contribution in [1.29, 1.82) is 0 Å². The maximum atomic E-state index is 13.5. The van der Waals surface area contributed by atoms with Crippen LogP contribution in [0.1, 0.15) is 38.3 Å². The molecule has 0 saturated carbocycles. The summed E-state index contributed by atoms with van der Waals surface area (Å²) in [5.41, 5.74) is 3.27. The molecule has 2 saturated heterocycles. The number of aromatic amines is 1. The first kappa shape index (κ1) is 67.1. The van der Waals surface area contributed by atoms with E-state index in [2.05, 4.69) is 96.0 Å². The number of hydrogen-bond acceptors (Lipinski definition) is 14. The second-order valence-electron chi connectivity index (χ2n) is 19.4. The third kappa shape index (κ3) is 16.8. The Hall–Kier alpha value is -11.4. The van der Waals surface area contributed by atoms with Crippen molar-refractivity contribution in [3.05, 3.63) is 238 Å². The van der Waals surface area contributed by atoms with Gasteiger partial charge in [0.1, 0.15) is 12.0 Å². The van der Waals surface area contributed by atoms with Crippen molar-refractivity contribution in [2.75, 3.05) is 25.8 Å². The van der Waals surface area contributed by atoms with Crippen molar-refractivity contribution < 1.29 is 84.1 Å². The fourth-order valence-corrected chi connectivity index (χ4v) is 9.92. The first-order valence-corrected chi connectivity index (χ1v) is 27.8. The molecule has 3 aromatic heterocycles. The molecule has 6 aromatic carbocycles. The smallest absolute Gasteiger partial charge is 1.00 e. The second kappa shape index (κ2) is 30.5. The fourth-order valence-electron chi connectivity index (χ4n) is 8.98. The van der Waals surface area contributed by atoms with E-state index in [1.807, 2.05) is 24.3 Å². The van der Waals surface area contributed by atoms with Gasteiger partial charge in [0.15, 0.2) is 5.52 Å². The van der Waals surface area contributed by atoms with Gasteiger partial charge in [0, 0.05) is 43.4 Å². The van der Waals surface area contributed by atoms with Gasteiger partial charge in [0.2, 0.25) is 29.5 Å². The zero-order valence-corrected chi connectivity index (χ0v) is 50.3. The third-order valence-electron chi connectivity index (χ3n) is 12.9. The van der Waals surface area contributed by atoms with Crippen LogP contribution in [0.5, 0.6) is 5.88 Å². The van der Waals surface area contributed by atoms with E-state index in [4.69, 9.17) is 0 Å². The van der Waals surface area contributed by atoms with E-state index >= 15 is 0 Å². The van der Waals surface area contributed by atoms with E-state index in [0.29, 0.717) is 33.9 Å². The van der Waals surface area contributed by atoms with E-state index in [1.165, 1.54) is 103 Å². The third-order valence-corrected chi connectivity index (χ3v) is 13.9. The molecule has 6 N–H and O–H groups in total. The molecule has 0 radical (unpaired) electrons. The SMILES string of the molecule is CC(=O)Nc1cccc(N2C(=O)CC(=O)NC2=O)c1.CC(=O)Nc1cccc(N2C(=O)NC(=O)/C(=C/C=C(/C=C/c3c([O-])[nH]c(=O)n(-c4cccc(NC(C)=O)c4)c3=O)c3ccccc3)C2=O)c1.[Cl-].[Li+].c1ccc(-c2cc[n+](-c3nc4ccccc4s3)cc2)cc1. The van der Waals surface area contributed by atoms with Gasteiger partial charge in [0.25, 0.3) is 17.4 Å². The molecule has 11 amide bonds. The minimum atomic E-state index is -0.987. The number of nitrogens with zero attached hydrogens (tertiary/aromatic N) is 5. The number of carbonyl (C=O) groups is 9. The summed E-state index contributed by atoms with van der Waals surface area (Å²) in [6, 6.07) is 47.8. The van der Waals surface area contributed by atoms with Crippen molar-refractivity contribution >= 4 is 115 Å². The Bertz CT molecular complexity index is 4480. The normalized spacial score (nSPS) is 13.4. The Morgan fingerprint density at radius 3 is 1.70 bits per heavy atom. The topological polar surface area (TPSA) is 315 Å². The molecule has 2 fully saturated rings. The van der Waals surface area contributed by atoms with Gasteiger partial charge in [-0.1, -0.05) is 103 Å². The Morgan fingerprint density at radius 2 is 1.13 bits per heavy atom. The van der Waals surface area contributed by atoms with Gasteiger partial charge in [-0.15, -0.1) is 0 Å². The first-order chi connectivity index (χ1) is 42.8. The van der Waals surface area contributed by atoms with Gasteiger partial charge >= 0.3 is 41.7 Å². The average molecular weight is 1250 g/mol. The van der Waals surface area contributed by atoms with Crippen LogP contribution < -0.4 is 88.6 Å². The number of hydrogen-bond donors (Lipinski definition) is 6. The quantitative estimate of drug-likeness (QED) is 0.0254. The number of pyridine rings is 1. The van der Waals surface area contributed by atoms with Crippen LogP contribution in [0.4, 0.5) is 38.0 Å². The van der Waals surface area contributed by atoms with Crippen LogP contribution in [0.15, 0.2) is 216 Å². The molecular formula is C65H51ClLiN11O12S. The van der Waals surface area contributed by atoms with Gasteiger partial charge in [0.05, 0.1) is 34.2 Å². The predicted molar refractivity (Wildman–Crippen MR) is 333 cm³/mol. The largest absolute Gasteiger partial charge is 1.00 e. The molecular weight excluding hydrogens is 1200 g/mol. The van der Waals surface area contributed by atoms with Crippen LogP contribution >= 0.6 is 11.3 Å². The molecule has 11 rings (SSSR count). The Kier molecular flexibility index (Phi) is 22.5. The molecule has 9 aromatic rings. The maximum absolute atomic E-state index is 13.5. The molecule has 5 heterocycles. The van der Waals surface area contributed by atoms with Crippen molar-refractivity contribution in [3.63, 3.8) is 0 Å². The number of rotatable bonds is 12. The number of aromatic nitrogens is 4. The number of allylic oxidation sites excluding steroid dienone is 4. The fraction of sp³-hybridized carbons (Fsp3) is 0.0615. The van der Waals surface area contributed by atoms with Gasteiger partial charge in [-0.3, -0.25) is 49.0 Å². The molecule has 0 spiro atoms. The summed E-state index contributed by atoms with van der Waals surface area (Å²) in [6.07, 6.45) is 8.94. The van der Waals surface area contributed by atoms with Crippen molar-refractivity contribution in [3.8, 4) is 27.8 Å². The minimum Gasteiger partial charge on any atom is -1.00 e. The van der Waals surface area contributed by atoms with Crippen molar-refractivity contribution in [1.82, 2.24) is 25.2 Å². The van der Waals surface area contributed by atoms with Gasteiger partial charge in [-0.05, 0) is 135 Å². The number of benzene rings is 6. The number of barbiturate groups is 2. The summed E-state index contributed by atoms with van der Waals surface area (Å²) >= 11 is 1.70. The molecule has 26 heteroatoms. The minimum absolute atomic E-state index is 0. The molecule has 2 aliphatic rings. The number of H-pyrrole nitrogens is 1. The number of halogens is 1. The Morgan fingerprint density at radius 1 is 0.615 bits per heavy atom. The van der Waals surface area contributed by atoms with E-state index in [1.54, 1.807) is 72.0 Å². The summed E-state index contributed by atoms with van der Waals surface area (Å²) in [5, 5.41) is 25.7. The van der Waals surface area contributed by atoms with Crippen LogP contribution in [0.2, 0.25) is 0 Å². The van der Waals surface area contributed by atoms with Crippen molar-refractivity contribution in [2.24, 2.45) is 0 Å². The number of nitrogens with one attached hydrogen (secondary N) is 6. The summed E-state index contributed by atoms with van der Waals surface area (Å²) < 4.78 is 4.03. The zero-order valence-electron chi connectivity index (χ0n) is 48.8. The molecule has 91 heavy (non-hydrogen) atoms. The summed E-state index contributed by atoms with van der Waals surface area (Å²) in [5.74, 6) is -5.06. The standard InChI is InChI=1S/C35H28N6O8.C18H13N2S.C12H11N3O4.ClH.Li/c1-20(42)36-24-10-6-12-26(18-24)40-32(46)28(30(44)38-34(40)48)16-14-23(22-8-4-3-5-9-22)15-17-29-31(45)39-35(49)41(33(29)47)27-13-7-11-25(19-27)37-21(2)43;1-2-6-14(7-3-1)15-10-12-20(13-11-15)18-19-16-8-4-5-9-17(16)21-18;1-7(16)13-8-3-2-4-9(5-8)15-11(18)6-10(17)14-12(15)19;;/h3-19,44H,1-2H3,(H,36,42)(H,37,43)(H,38,48)(H,39,45,49);1-13H;2-5H,6H2,1H3,(H,13,16)(H,14,17,19);1H;/q;+1;;;+1/p-2/b16-14+,23-15-,29-17-;;;;. The molecule has 0 bridgehead atoms. The van der Waals surface area contributed by atoms with Gasteiger partial charge in [-0.2, -0.15) is 4.57 Å². The van der Waals surface area contributed by atoms with Crippen LogP contribution in [-0.2, 0) is 33.6 Å². The van der Waals surface area contributed by atoms with Crippen LogP contribution in [0.3, 0.4) is 0 Å². The van der Waals surface area contributed by atoms with Crippen LogP contribution in [-0.4, -0.2) is 67.9 Å². The Balaban J connectivity index is 0.000000228. The van der Waals surface area contributed by atoms with Crippen LogP contribution in [0, 0.1) is 0 Å². The molecule has 0 aliphatic carbocycles. The Labute approximate surface area is 540 Å². The zero-order chi connectivity index (χ0) is 63.3. The number of fused-ring (bicyclic) bond motifs is 1. The number of imide groups is 4. The van der Waals surface area contributed by atoms with E-state index < -0.39 is 64.0 Å². The maximum Gasteiger partial charge on any atom is 1.00 e.